The molecule has 0 spiro atoms. The van der Waals surface area contributed by atoms with E-state index in [1.165, 1.54) is 11.1 Å². The molecule has 0 atom stereocenters. The molecule has 1 aliphatic carbocycles. The summed E-state index contributed by atoms with van der Waals surface area (Å²) in [6.07, 6.45) is 2.13. The Bertz CT molecular complexity index is 1000. The fraction of sp³-hybridized carbons (Fsp3) is 0.400. The van der Waals surface area contributed by atoms with Gasteiger partial charge in [0.25, 0.3) is 0 Å². The molecule has 0 fully saturated rings. The third-order valence-corrected chi connectivity index (χ3v) is 5.87. The van der Waals surface area contributed by atoms with Gasteiger partial charge in [-0.05, 0) is 54.0 Å². The van der Waals surface area contributed by atoms with Crippen LogP contribution in [0.5, 0.6) is 11.5 Å². The first-order valence-electron chi connectivity index (χ1n) is 9.76. The van der Waals surface area contributed by atoms with Crippen LogP contribution in [0.4, 0.5) is 0 Å². The number of hydrogen-bond donors (Lipinski definition) is 1. The molecule has 29 heavy (non-hydrogen) atoms. The summed E-state index contributed by atoms with van der Waals surface area (Å²) in [5, 5.41) is 9.05. The van der Waals surface area contributed by atoms with Gasteiger partial charge < -0.3 is 14.6 Å². The van der Waals surface area contributed by atoms with Crippen molar-refractivity contribution in [3.8, 4) is 23.3 Å². The van der Waals surface area contributed by atoms with Crippen LogP contribution in [0.25, 0.3) is 0 Å². The molecule has 0 aliphatic heterocycles. The van der Waals surface area contributed by atoms with Gasteiger partial charge in [0.05, 0.1) is 25.3 Å². The summed E-state index contributed by atoms with van der Waals surface area (Å²) in [6, 6.07) is 8.50. The minimum Gasteiger partial charge on any atom is -0.496 e. The second-order valence-electron chi connectivity index (χ2n) is 8.81. The number of rotatable bonds is 3. The summed E-state index contributed by atoms with van der Waals surface area (Å²) < 4.78 is 11.7. The number of ether oxygens (including phenoxy) is 2. The van der Waals surface area contributed by atoms with Crippen molar-refractivity contribution in [3.05, 3.63) is 58.1 Å². The lowest BCUT2D eigenvalue weighted by Gasteiger charge is -2.43. The topological polar surface area (TPSA) is 55.8 Å². The standard InChI is InChI=1S/C25H28O4/c1-24(2)13-14-25(3,4)21-20(24)19(28-5)15-18(22(21)29-6)12-9-16-7-10-17(11-8-16)23(26)27/h7-8,10-11,15H,13-14H2,1-6H3,(H,26,27). The van der Waals surface area contributed by atoms with Crippen molar-refractivity contribution in [1.82, 2.24) is 0 Å². The zero-order chi connectivity index (χ0) is 21.4. The number of hydrogen-bond acceptors (Lipinski definition) is 3. The molecular formula is C25H28O4. The highest BCUT2D eigenvalue weighted by Gasteiger charge is 2.42. The molecular weight excluding hydrogens is 364 g/mol. The van der Waals surface area contributed by atoms with Gasteiger partial charge in [-0.1, -0.05) is 39.5 Å². The van der Waals surface area contributed by atoms with Crippen LogP contribution in [-0.4, -0.2) is 25.3 Å². The molecule has 0 aromatic heterocycles. The Kier molecular flexibility index (Phi) is 5.36. The van der Waals surface area contributed by atoms with E-state index in [1.807, 2.05) is 6.07 Å². The normalized spacial score (nSPS) is 16.2. The fourth-order valence-corrected chi connectivity index (χ4v) is 4.13. The number of carboxylic acids is 1. The summed E-state index contributed by atoms with van der Waals surface area (Å²) in [4.78, 5) is 11.0. The van der Waals surface area contributed by atoms with Crippen LogP contribution < -0.4 is 9.47 Å². The average Bonchev–Trinajstić information content (AvgIpc) is 2.69. The van der Waals surface area contributed by atoms with Crippen molar-refractivity contribution >= 4 is 5.97 Å². The van der Waals surface area contributed by atoms with E-state index in [9.17, 15) is 4.79 Å². The van der Waals surface area contributed by atoms with Crippen LogP contribution in [0.3, 0.4) is 0 Å². The first-order valence-corrected chi connectivity index (χ1v) is 9.76. The molecule has 0 bridgehead atoms. The minimum atomic E-state index is -0.949. The first-order chi connectivity index (χ1) is 13.6. The molecule has 2 aromatic rings. The second-order valence-corrected chi connectivity index (χ2v) is 8.81. The van der Waals surface area contributed by atoms with Crippen LogP contribution in [0, 0.1) is 11.8 Å². The summed E-state index contributed by atoms with van der Waals surface area (Å²) in [7, 11) is 3.38. The van der Waals surface area contributed by atoms with E-state index in [-0.39, 0.29) is 16.4 Å². The lowest BCUT2D eigenvalue weighted by atomic mass is 9.62. The highest BCUT2D eigenvalue weighted by atomic mass is 16.5. The van der Waals surface area contributed by atoms with E-state index in [0.717, 1.165) is 35.5 Å². The molecule has 4 nitrogen and oxygen atoms in total. The second kappa shape index (κ2) is 7.48. The minimum absolute atomic E-state index is 0.0118. The van der Waals surface area contributed by atoms with Gasteiger partial charge in [0.1, 0.15) is 11.5 Å². The largest absolute Gasteiger partial charge is 0.496 e. The van der Waals surface area contributed by atoms with E-state index in [4.69, 9.17) is 14.6 Å². The lowest BCUT2D eigenvalue weighted by molar-refractivity contribution is 0.0697. The molecule has 152 valence electrons. The molecule has 3 rings (SSSR count). The molecule has 4 heteroatoms. The quantitative estimate of drug-likeness (QED) is 0.734. The van der Waals surface area contributed by atoms with Gasteiger partial charge in [0.2, 0.25) is 0 Å². The smallest absolute Gasteiger partial charge is 0.335 e. The maximum absolute atomic E-state index is 11.0. The van der Waals surface area contributed by atoms with E-state index < -0.39 is 5.97 Å². The van der Waals surface area contributed by atoms with Gasteiger partial charge in [0.15, 0.2) is 0 Å². The third-order valence-electron chi connectivity index (χ3n) is 5.87. The zero-order valence-electron chi connectivity index (χ0n) is 18.0. The molecule has 0 unspecified atom stereocenters. The van der Waals surface area contributed by atoms with Crippen LogP contribution in [-0.2, 0) is 10.8 Å². The Balaban J connectivity index is 2.18. The number of benzene rings is 2. The molecule has 0 saturated heterocycles. The van der Waals surface area contributed by atoms with Crippen molar-refractivity contribution < 1.29 is 19.4 Å². The Hall–Kier alpha value is -2.93. The van der Waals surface area contributed by atoms with Crippen molar-refractivity contribution in [1.29, 1.82) is 0 Å². The van der Waals surface area contributed by atoms with Crippen LogP contribution in [0.15, 0.2) is 30.3 Å². The van der Waals surface area contributed by atoms with Gasteiger partial charge in [0, 0.05) is 16.7 Å². The first kappa shape index (κ1) is 20.8. The molecule has 0 amide bonds. The van der Waals surface area contributed by atoms with Gasteiger partial charge in [-0.2, -0.15) is 0 Å². The molecule has 1 N–H and O–H groups in total. The SMILES string of the molecule is COc1cc(C#Cc2ccc(C(=O)O)cc2)c(OC)c2c1C(C)(C)CCC2(C)C. The Morgan fingerprint density at radius 2 is 1.52 bits per heavy atom. The molecule has 2 aromatic carbocycles. The number of carboxylic acid groups (broad SMARTS) is 1. The van der Waals surface area contributed by atoms with Gasteiger partial charge in [-0.15, -0.1) is 0 Å². The molecule has 0 radical (unpaired) electrons. The van der Waals surface area contributed by atoms with E-state index in [2.05, 4.69) is 39.5 Å². The Morgan fingerprint density at radius 3 is 2.03 bits per heavy atom. The summed E-state index contributed by atoms with van der Waals surface area (Å²) in [5.41, 5.74) is 4.06. The van der Waals surface area contributed by atoms with Gasteiger partial charge in [-0.25, -0.2) is 4.79 Å². The Labute approximate surface area is 172 Å². The summed E-state index contributed by atoms with van der Waals surface area (Å²) in [5.74, 6) is 7.03. The van der Waals surface area contributed by atoms with E-state index >= 15 is 0 Å². The maximum Gasteiger partial charge on any atom is 0.335 e. The predicted octanol–water partition coefficient (Wildman–Crippen LogP) is 5.15. The van der Waals surface area contributed by atoms with Crippen molar-refractivity contribution in [2.75, 3.05) is 14.2 Å². The monoisotopic (exact) mass is 392 g/mol. The van der Waals surface area contributed by atoms with Crippen molar-refractivity contribution in [2.24, 2.45) is 0 Å². The third kappa shape index (κ3) is 3.82. The fourth-order valence-electron chi connectivity index (χ4n) is 4.13. The van der Waals surface area contributed by atoms with Gasteiger partial charge >= 0.3 is 5.97 Å². The highest BCUT2D eigenvalue weighted by Crippen LogP contribution is 2.53. The lowest BCUT2D eigenvalue weighted by Crippen LogP contribution is -2.35. The maximum atomic E-state index is 11.0. The molecule has 0 saturated carbocycles. The van der Waals surface area contributed by atoms with E-state index in [0.29, 0.717) is 0 Å². The Morgan fingerprint density at radius 1 is 0.931 bits per heavy atom. The van der Waals surface area contributed by atoms with E-state index in [1.54, 1.807) is 38.5 Å². The number of carbonyl (C=O) groups is 1. The number of aromatic carboxylic acids is 1. The van der Waals surface area contributed by atoms with Crippen LogP contribution >= 0.6 is 0 Å². The summed E-state index contributed by atoms with van der Waals surface area (Å²) >= 11 is 0. The zero-order valence-corrected chi connectivity index (χ0v) is 18.0. The number of methoxy groups -OCH3 is 2. The average molecular weight is 392 g/mol. The number of fused-ring (bicyclic) bond motifs is 1. The van der Waals surface area contributed by atoms with Crippen LogP contribution in [0.2, 0.25) is 0 Å². The van der Waals surface area contributed by atoms with Crippen molar-refractivity contribution in [2.45, 2.75) is 51.4 Å². The highest BCUT2D eigenvalue weighted by molar-refractivity contribution is 5.87. The molecule has 1 aliphatic rings. The molecule has 0 heterocycles. The van der Waals surface area contributed by atoms with Crippen molar-refractivity contribution in [3.63, 3.8) is 0 Å². The predicted molar refractivity (Wildman–Crippen MR) is 114 cm³/mol. The summed E-state index contributed by atoms with van der Waals surface area (Å²) in [6.45, 7) is 8.98. The van der Waals surface area contributed by atoms with Crippen LogP contribution in [0.1, 0.15) is 73.1 Å². The van der Waals surface area contributed by atoms with Gasteiger partial charge in [-0.3, -0.25) is 0 Å².